The van der Waals surface area contributed by atoms with Crippen molar-refractivity contribution in [2.24, 2.45) is 0 Å². The second kappa shape index (κ2) is 9.00. The molecule has 0 aliphatic carbocycles. The van der Waals surface area contributed by atoms with Crippen molar-refractivity contribution >= 4 is 11.3 Å². The van der Waals surface area contributed by atoms with Crippen LogP contribution in [0.4, 0.5) is 0 Å². The van der Waals surface area contributed by atoms with Gasteiger partial charge in [-0.25, -0.2) is 0 Å². The molecule has 0 saturated heterocycles. The Balaban J connectivity index is 0.00000312. The fourth-order valence-corrected chi connectivity index (χ4v) is 4.13. The third kappa shape index (κ3) is 4.95. The van der Waals surface area contributed by atoms with Gasteiger partial charge in [-0.05, 0) is 43.0 Å². The van der Waals surface area contributed by atoms with Crippen molar-refractivity contribution in [2.45, 2.75) is 52.9 Å². The second-order valence-electron chi connectivity index (χ2n) is 7.85. The molecule has 0 radical (unpaired) electrons. The number of likely N-dealkylation sites (N-methyl/N-ethyl adjacent to an activating group) is 1. The summed E-state index contributed by atoms with van der Waals surface area (Å²) in [5, 5.41) is 0. The van der Waals surface area contributed by atoms with Gasteiger partial charge < -0.3 is 25.9 Å². The summed E-state index contributed by atoms with van der Waals surface area (Å²) < 4.78 is 3.10. The van der Waals surface area contributed by atoms with Gasteiger partial charge in [-0.2, -0.15) is 0 Å². The first kappa shape index (κ1) is 21.9. The molecule has 0 amide bonds. The number of carbonyl (C=O) groups excluding carboxylic acids is 1. The normalized spacial score (nSPS) is 12.9. The van der Waals surface area contributed by atoms with E-state index in [1.807, 2.05) is 12.3 Å². The number of unbranched alkanes of at least 4 members (excludes halogenated alkanes) is 2. The number of hydrogen-bond acceptors (Lipinski definition) is 1. The Morgan fingerprint density at radius 2 is 1.92 bits per heavy atom. The first-order chi connectivity index (χ1) is 11.3. The summed E-state index contributed by atoms with van der Waals surface area (Å²) in [7, 11) is 4.65. The molecule has 1 unspecified atom stereocenters. The molecule has 2 heterocycles. The molecule has 0 aromatic carbocycles. The van der Waals surface area contributed by atoms with E-state index in [-0.39, 0.29) is 22.8 Å². The van der Waals surface area contributed by atoms with Gasteiger partial charge in [0, 0.05) is 24.6 Å². The zero-order valence-corrected chi connectivity index (χ0v) is 18.2. The molecule has 2 rings (SSSR count). The predicted octanol–water partition coefficient (Wildman–Crippen LogP) is 1.82. The van der Waals surface area contributed by atoms with Crippen LogP contribution in [0.25, 0.3) is 5.52 Å². The van der Waals surface area contributed by atoms with Crippen molar-refractivity contribution in [2.75, 3.05) is 27.2 Å². The lowest BCUT2D eigenvalue weighted by Gasteiger charge is -2.32. The molecular weight excluding hydrogens is 376 g/mol. The van der Waals surface area contributed by atoms with Crippen molar-refractivity contribution < 1.29 is 26.3 Å². The number of hydrogen-bond donors (Lipinski definition) is 0. The highest BCUT2D eigenvalue weighted by Gasteiger charge is 2.26. The van der Waals surface area contributed by atoms with Crippen molar-refractivity contribution in [3.05, 3.63) is 41.2 Å². The van der Waals surface area contributed by atoms with Gasteiger partial charge in [0.1, 0.15) is 0 Å². The molecule has 0 fully saturated rings. The lowest BCUT2D eigenvalue weighted by Crippen LogP contribution is -3.00. The summed E-state index contributed by atoms with van der Waals surface area (Å²) in [4.78, 5) is 12.2. The van der Waals surface area contributed by atoms with Gasteiger partial charge >= 0.3 is 0 Å². The van der Waals surface area contributed by atoms with Crippen LogP contribution < -0.4 is 17.0 Å². The predicted molar refractivity (Wildman–Crippen MR) is 102 cm³/mol. The maximum Gasteiger partial charge on any atom is 0.176 e. The van der Waals surface area contributed by atoms with Gasteiger partial charge in [0.2, 0.25) is 0 Å². The number of Topliss-reactive ketones (excluding diaryl/α,β-unsaturated/α-hetero) is 1. The minimum atomic E-state index is 0. The van der Waals surface area contributed by atoms with E-state index >= 15 is 0 Å². The number of carbonyl (C=O) groups is 1. The molecule has 25 heavy (non-hydrogen) atoms. The van der Waals surface area contributed by atoms with Crippen molar-refractivity contribution in [1.82, 2.24) is 4.40 Å². The summed E-state index contributed by atoms with van der Waals surface area (Å²) in [5.41, 5.74) is 4.50. The molecule has 1 atom stereocenters. The Labute approximate surface area is 163 Å². The van der Waals surface area contributed by atoms with E-state index in [9.17, 15) is 4.79 Å². The number of halogens is 1. The Bertz CT molecular complexity index is 718. The number of rotatable bonds is 8. The van der Waals surface area contributed by atoms with Crippen LogP contribution in [0.3, 0.4) is 0 Å². The van der Waals surface area contributed by atoms with E-state index in [0.29, 0.717) is 5.92 Å². The molecule has 2 aromatic rings. The van der Waals surface area contributed by atoms with Crippen LogP contribution in [-0.4, -0.2) is 41.9 Å². The Hall–Kier alpha value is -1.13. The zero-order chi connectivity index (χ0) is 17.9. The molecule has 4 heteroatoms. The zero-order valence-electron chi connectivity index (χ0n) is 16.6. The fraction of sp³-hybridized carbons (Fsp3) is 0.571. The number of aromatic nitrogens is 1. The van der Waals surface area contributed by atoms with E-state index in [2.05, 4.69) is 51.4 Å². The summed E-state index contributed by atoms with van der Waals surface area (Å²) in [6, 6.07) is 6.20. The first-order valence-electron chi connectivity index (χ1n) is 9.21. The van der Waals surface area contributed by atoms with E-state index in [1.165, 1.54) is 36.9 Å². The van der Waals surface area contributed by atoms with Crippen LogP contribution in [0, 0.1) is 6.92 Å². The quantitative estimate of drug-likeness (QED) is 0.370. The third-order valence-electron chi connectivity index (χ3n) is 5.10. The number of fused-ring (bicyclic) bond motifs is 1. The van der Waals surface area contributed by atoms with Crippen LogP contribution in [0.1, 0.15) is 67.6 Å². The lowest BCUT2D eigenvalue weighted by molar-refractivity contribution is -0.891. The van der Waals surface area contributed by atoms with Crippen LogP contribution in [0.15, 0.2) is 24.4 Å². The average Bonchev–Trinajstić information content (AvgIpc) is 2.78. The minimum absolute atomic E-state index is 0. The third-order valence-corrected chi connectivity index (χ3v) is 5.10. The number of quaternary nitrogens is 1. The first-order valence-corrected chi connectivity index (χ1v) is 9.21. The van der Waals surface area contributed by atoms with Gasteiger partial charge in [0.25, 0.3) is 0 Å². The van der Waals surface area contributed by atoms with Crippen molar-refractivity contribution in [3.8, 4) is 0 Å². The SMILES string of the molecule is CCCCC[N+](C)(C)CC(C)c1c(C)c(C(C)=O)n2ccccc12.[Br-]. The molecule has 0 saturated carbocycles. The standard InChI is InChI=1S/C21H33N2O.BrH/c1-7-8-11-14-23(5,6)15-16(2)20-17(3)21(18(4)24)22-13-10-9-12-19(20)22;/h9-10,12-13,16H,7-8,11,14-15H2,1-6H3;1H/q+1;/p-1. The number of ketones is 1. The summed E-state index contributed by atoms with van der Waals surface area (Å²) in [6.07, 6.45) is 5.86. The summed E-state index contributed by atoms with van der Waals surface area (Å²) in [5.74, 6) is 0.566. The van der Waals surface area contributed by atoms with Gasteiger partial charge in [-0.1, -0.05) is 26.3 Å². The maximum atomic E-state index is 12.2. The summed E-state index contributed by atoms with van der Waals surface area (Å²) >= 11 is 0. The summed E-state index contributed by atoms with van der Waals surface area (Å²) in [6.45, 7) is 10.6. The molecule has 0 spiro atoms. The smallest absolute Gasteiger partial charge is 0.176 e. The number of pyridine rings is 1. The van der Waals surface area contributed by atoms with Gasteiger partial charge in [0.05, 0.1) is 32.9 Å². The van der Waals surface area contributed by atoms with Gasteiger partial charge in [-0.15, -0.1) is 0 Å². The highest BCUT2D eigenvalue weighted by atomic mass is 79.9. The van der Waals surface area contributed by atoms with Crippen molar-refractivity contribution in [1.29, 1.82) is 0 Å². The lowest BCUT2D eigenvalue weighted by atomic mass is 9.95. The Morgan fingerprint density at radius 1 is 1.24 bits per heavy atom. The molecule has 140 valence electrons. The molecule has 0 aliphatic rings. The Kier molecular flexibility index (Phi) is 7.88. The average molecular weight is 409 g/mol. The molecule has 2 aromatic heterocycles. The molecule has 0 bridgehead atoms. The van der Waals surface area contributed by atoms with E-state index in [0.717, 1.165) is 22.3 Å². The van der Waals surface area contributed by atoms with Gasteiger partial charge in [-0.3, -0.25) is 4.79 Å². The Morgan fingerprint density at radius 3 is 2.52 bits per heavy atom. The highest BCUT2D eigenvalue weighted by molar-refractivity contribution is 5.96. The molecule has 0 aliphatic heterocycles. The van der Waals surface area contributed by atoms with E-state index in [1.54, 1.807) is 6.92 Å². The molecular formula is C21H33BrN2O. The highest BCUT2D eigenvalue weighted by Crippen LogP contribution is 2.31. The van der Waals surface area contributed by atoms with Crippen LogP contribution >= 0.6 is 0 Å². The fourth-order valence-electron chi connectivity index (χ4n) is 4.13. The maximum absolute atomic E-state index is 12.2. The van der Waals surface area contributed by atoms with Crippen LogP contribution in [0.5, 0.6) is 0 Å². The number of nitrogens with zero attached hydrogens (tertiary/aromatic N) is 2. The minimum Gasteiger partial charge on any atom is -1.00 e. The van der Waals surface area contributed by atoms with E-state index in [4.69, 9.17) is 0 Å². The van der Waals surface area contributed by atoms with Crippen molar-refractivity contribution in [3.63, 3.8) is 0 Å². The van der Waals surface area contributed by atoms with Gasteiger partial charge in [0.15, 0.2) is 5.78 Å². The molecule has 0 N–H and O–H groups in total. The second-order valence-corrected chi connectivity index (χ2v) is 7.85. The molecule has 3 nitrogen and oxygen atoms in total. The topological polar surface area (TPSA) is 21.5 Å². The van der Waals surface area contributed by atoms with Crippen LogP contribution in [0.2, 0.25) is 0 Å². The monoisotopic (exact) mass is 408 g/mol. The van der Waals surface area contributed by atoms with Crippen LogP contribution in [-0.2, 0) is 0 Å². The van der Waals surface area contributed by atoms with E-state index < -0.39 is 0 Å². The largest absolute Gasteiger partial charge is 1.00 e.